The highest BCUT2D eigenvalue weighted by atomic mass is 16.5. The van der Waals surface area contributed by atoms with Crippen molar-refractivity contribution in [2.75, 3.05) is 13.2 Å². The predicted octanol–water partition coefficient (Wildman–Crippen LogP) is 2.98. The number of carbonyl (C=O) groups excluding carboxylic acids is 1. The molecule has 6 nitrogen and oxygen atoms in total. The molecular weight excluding hydrogens is 296 g/mol. The minimum Gasteiger partial charge on any atom is -0.462 e. The van der Waals surface area contributed by atoms with Crippen LogP contribution in [-0.2, 0) is 9.47 Å². The lowest BCUT2D eigenvalue weighted by Gasteiger charge is -2.09. The standard InChI is InChI=1S/C15H16N2O4.C2H6/c1-2-20-15(19)9-6-12-11(16-8-9)7-10(14(18)17-12)13-4-3-5-21-13;1-2/h6-8,13H,2-5H2,1H3,(H,17,18);1-2H3. The van der Waals surface area contributed by atoms with Gasteiger partial charge in [0.2, 0.25) is 0 Å². The number of fused-ring (bicyclic) bond motifs is 1. The molecule has 1 aliphatic heterocycles. The third-order valence-electron chi connectivity index (χ3n) is 3.51. The number of nitrogens with zero attached hydrogens (tertiary/aromatic N) is 1. The number of pyridine rings is 2. The zero-order valence-electron chi connectivity index (χ0n) is 13.7. The normalized spacial score (nSPS) is 16.7. The van der Waals surface area contributed by atoms with Gasteiger partial charge in [-0.05, 0) is 31.9 Å². The fourth-order valence-electron chi connectivity index (χ4n) is 2.49. The summed E-state index contributed by atoms with van der Waals surface area (Å²) in [5.74, 6) is -0.448. The van der Waals surface area contributed by atoms with Crippen LogP contribution >= 0.6 is 0 Å². The molecule has 2 aromatic rings. The lowest BCUT2D eigenvalue weighted by molar-refractivity contribution is 0.0526. The smallest absolute Gasteiger partial charge is 0.339 e. The quantitative estimate of drug-likeness (QED) is 0.880. The van der Waals surface area contributed by atoms with Crippen LogP contribution in [0.4, 0.5) is 0 Å². The van der Waals surface area contributed by atoms with E-state index in [0.717, 1.165) is 12.8 Å². The summed E-state index contributed by atoms with van der Waals surface area (Å²) >= 11 is 0. The van der Waals surface area contributed by atoms with Crippen molar-refractivity contribution in [3.05, 3.63) is 39.8 Å². The van der Waals surface area contributed by atoms with E-state index in [1.165, 1.54) is 6.20 Å². The van der Waals surface area contributed by atoms with E-state index < -0.39 is 5.97 Å². The molecule has 0 radical (unpaired) electrons. The molecule has 1 aliphatic rings. The molecule has 2 aromatic heterocycles. The van der Waals surface area contributed by atoms with E-state index in [4.69, 9.17) is 9.47 Å². The Morgan fingerprint density at radius 2 is 2.22 bits per heavy atom. The van der Waals surface area contributed by atoms with Gasteiger partial charge in [-0.1, -0.05) is 13.8 Å². The van der Waals surface area contributed by atoms with Crippen molar-refractivity contribution >= 4 is 17.0 Å². The number of carbonyl (C=O) groups is 1. The number of hydrogen-bond acceptors (Lipinski definition) is 5. The highest BCUT2D eigenvalue weighted by Gasteiger charge is 2.21. The highest BCUT2D eigenvalue weighted by molar-refractivity contribution is 5.92. The molecule has 0 spiro atoms. The topological polar surface area (TPSA) is 81.3 Å². The van der Waals surface area contributed by atoms with Crippen LogP contribution in [0.25, 0.3) is 11.0 Å². The van der Waals surface area contributed by atoms with Gasteiger partial charge < -0.3 is 14.5 Å². The van der Waals surface area contributed by atoms with Crippen LogP contribution in [0.2, 0.25) is 0 Å². The molecule has 3 rings (SSSR count). The van der Waals surface area contributed by atoms with E-state index in [1.807, 2.05) is 13.8 Å². The zero-order valence-corrected chi connectivity index (χ0v) is 13.7. The van der Waals surface area contributed by atoms with Gasteiger partial charge in [0.05, 0.1) is 29.3 Å². The average Bonchev–Trinajstić information content (AvgIpc) is 3.10. The molecule has 1 saturated heterocycles. The third-order valence-corrected chi connectivity index (χ3v) is 3.51. The SMILES string of the molecule is CC.CCOC(=O)c1cnc2cc(C3CCCO3)c(=O)[nH]c2c1. The molecule has 0 aromatic carbocycles. The van der Waals surface area contributed by atoms with Gasteiger partial charge in [0.1, 0.15) is 0 Å². The number of esters is 1. The van der Waals surface area contributed by atoms with Gasteiger partial charge in [-0.25, -0.2) is 4.79 Å². The van der Waals surface area contributed by atoms with E-state index >= 15 is 0 Å². The number of rotatable bonds is 3. The Labute approximate surface area is 134 Å². The summed E-state index contributed by atoms with van der Waals surface area (Å²) in [5.41, 5.74) is 1.87. The largest absolute Gasteiger partial charge is 0.462 e. The fraction of sp³-hybridized carbons (Fsp3) is 0.471. The van der Waals surface area contributed by atoms with Crippen LogP contribution in [0, 0.1) is 0 Å². The zero-order chi connectivity index (χ0) is 16.8. The van der Waals surface area contributed by atoms with Crippen molar-refractivity contribution in [1.82, 2.24) is 9.97 Å². The van der Waals surface area contributed by atoms with Crippen LogP contribution in [0.3, 0.4) is 0 Å². The number of aromatic nitrogens is 2. The van der Waals surface area contributed by atoms with E-state index in [1.54, 1.807) is 19.1 Å². The van der Waals surface area contributed by atoms with Crippen molar-refractivity contribution in [3.63, 3.8) is 0 Å². The van der Waals surface area contributed by atoms with Crippen LogP contribution in [0.5, 0.6) is 0 Å². The number of ether oxygens (including phenoxy) is 2. The molecule has 6 heteroatoms. The summed E-state index contributed by atoms with van der Waals surface area (Å²) in [6.07, 6.45) is 3.09. The van der Waals surface area contributed by atoms with E-state index in [2.05, 4.69) is 9.97 Å². The van der Waals surface area contributed by atoms with Gasteiger partial charge in [0.15, 0.2) is 0 Å². The second-order valence-electron chi connectivity index (χ2n) is 4.93. The number of hydrogen-bond donors (Lipinski definition) is 1. The summed E-state index contributed by atoms with van der Waals surface area (Å²) in [6, 6.07) is 3.32. The van der Waals surface area contributed by atoms with Crippen molar-refractivity contribution in [3.8, 4) is 0 Å². The monoisotopic (exact) mass is 318 g/mol. The van der Waals surface area contributed by atoms with Gasteiger partial charge in [-0.3, -0.25) is 9.78 Å². The summed E-state index contributed by atoms with van der Waals surface area (Å²) in [6.45, 7) is 6.71. The molecular formula is C17H22N2O4. The Bertz CT molecular complexity index is 733. The Balaban J connectivity index is 0.000000924. The molecule has 1 atom stereocenters. The molecule has 0 saturated carbocycles. The first-order valence-corrected chi connectivity index (χ1v) is 8.00. The average molecular weight is 318 g/mol. The summed E-state index contributed by atoms with van der Waals surface area (Å²) < 4.78 is 10.5. The summed E-state index contributed by atoms with van der Waals surface area (Å²) in [7, 11) is 0. The van der Waals surface area contributed by atoms with Gasteiger partial charge in [0, 0.05) is 18.4 Å². The predicted molar refractivity (Wildman–Crippen MR) is 87.6 cm³/mol. The van der Waals surface area contributed by atoms with Gasteiger partial charge in [-0.2, -0.15) is 0 Å². The first kappa shape index (κ1) is 17.1. The molecule has 1 N–H and O–H groups in total. The lowest BCUT2D eigenvalue weighted by Crippen LogP contribution is -2.16. The lowest BCUT2D eigenvalue weighted by atomic mass is 10.1. The minimum absolute atomic E-state index is 0.162. The first-order chi connectivity index (χ1) is 11.2. The number of nitrogens with one attached hydrogen (secondary N) is 1. The maximum absolute atomic E-state index is 12.1. The Morgan fingerprint density at radius 1 is 1.43 bits per heavy atom. The van der Waals surface area contributed by atoms with E-state index in [-0.39, 0.29) is 11.7 Å². The maximum atomic E-state index is 12.1. The number of aromatic amines is 1. The molecule has 1 unspecified atom stereocenters. The van der Waals surface area contributed by atoms with Crippen molar-refractivity contribution in [2.24, 2.45) is 0 Å². The highest BCUT2D eigenvalue weighted by Crippen LogP contribution is 2.27. The van der Waals surface area contributed by atoms with Gasteiger partial charge in [0.25, 0.3) is 5.56 Å². The van der Waals surface area contributed by atoms with Crippen LogP contribution in [0.15, 0.2) is 23.1 Å². The van der Waals surface area contributed by atoms with Crippen LogP contribution in [-0.4, -0.2) is 29.2 Å². The van der Waals surface area contributed by atoms with E-state index in [9.17, 15) is 9.59 Å². The molecule has 0 amide bonds. The third kappa shape index (κ3) is 3.76. The molecule has 23 heavy (non-hydrogen) atoms. The van der Waals surface area contributed by atoms with Crippen molar-refractivity contribution < 1.29 is 14.3 Å². The first-order valence-electron chi connectivity index (χ1n) is 8.00. The maximum Gasteiger partial charge on any atom is 0.339 e. The molecule has 0 aliphatic carbocycles. The number of H-pyrrole nitrogens is 1. The minimum atomic E-state index is -0.448. The molecule has 124 valence electrons. The molecule has 0 bridgehead atoms. The van der Waals surface area contributed by atoms with Crippen LogP contribution in [0.1, 0.15) is 55.6 Å². The Morgan fingerprint density at radius 3 is 2.87 bits per heavy atom. The second-order valence-corrected chi connectivity index (χ2v) is 4.93. The second kappa shape index (κ2) is 7.87. The van der Waals surface area contributed by atoms with Crippen LogP contribution < -0.4 is 5.56 Å². The molecule has 1 fully saturated rings. The van der Waals surface area contributed by atoms with Gasteiger partial charge in [-0.15, -0.1) is 0 Å². The van der Waals surface area contributed by atoms with Crippen molar-refractivity contribution in [1.29, 1.82) is 0 Å². The fourth-order valence-corrected chi connectivity index (χ4v) is 2.49. The van der Waals surface area contributed by atoms with Crippen molar-refractivity contribution in [2.45, 2.75) is 39.7 Å². The summed E-state index contributed by atoms with van der Waals surface area (Å²) in [5, 5.41) is 0. The Kier molecular flexibility index (Phi) is 5.87. The van der Waals surface area contributed by atoms with E-state index in [0.29, 0.717) is 35.4 Å². The molecule has 3 heterocycles. The van der Waals surface area contributed by atoms with Gasteiger partial charge >= 0.3 is 5.97 Å². The Hall–Kier alpha value is -2.21. The summed E-state index contributed by atoms with van der Waals surface area (Å²) in [4.78, 5) is 30.8.